The molecule has 30 heavy (non-hydrogen) atoms. The second kappa shape index (κ2) is 8.59. The van der Waals surface area contributed by atoms with Crippen molar-refractivity contribution in [2.45, 2.75) is 12.1 Å². The maximum absolute atomic E-state index is 13.4. The smallest absolute Gasteiger partial charge is 0.325 e. The number of benzene rings is 2. The van der Waals surface area contributed by atoms with Crippen molar-refractivity contribution >= 4 is 18.1 Å². The summed E-state index contributed by atoms with van der Waals surface area (Å²) in [4.78, 5) is 24.0. The third-order valence-corrected chi connectivity index (χ3v) is 5.71. The van der Waals surface area contributed by atoms with Gasteiger partial charge in [-0.3, -0.25) is 14.8 Å². The summed E-state index contributed by atoms with van der Waals surface area (Å²) in [6.07, 6.45) is 3.54. The van der Waals surface area contributed by atoms with Crippen LogP contribution in [0.5, 0.6) is 5.75 Å². The topological polar surface area (TPSA) is 85.4 Å². The number of hydrogen-bond acceptors (Lipinski definition) is 5. The summed E-state index contributed by atoms with van der Waals surface area (Å²) in [6.45, 7) is 7.64. The number of piperazine rings is 1. The Hall–Kier alpha value is -3.32. The fourth-order valence-electron chi connectivity index (χ4n) is 4.06. The molecule has 0 spiro atoms. The summed E-state index contributed by atoms with van der Waals surface area (Å²) in [6, 6.07) is 14.0. The zero-order chi connectivity index (χ0) is 21.1. The molecule has 2 aliphatic heterocycles. The van der Waals surface area contributed by atoms with Crippen LogP contribution in [0, 0.1) is 0 Å². The van der Waals surface area contributed by atoms with Crippen LogP contribution in [0.4, 0.5) is 10.5 Å². The van der Waals surface area contributed by atoms with Crippen LogP contribution in [0.2, 0.25) is 0 Å². The highest BCUT2D eigenvalue weighted by atomic mass is 16.3. The van der Waals surface area contributed by atoms with E-state index in [0.717, 1.165) is 30.8 Å². The molecule has 1 saturated heterocycles. The van der Waals surface area contributed by atoms with E-state index in [4.69, 9.17) is 5.73 Å². The number of amides is 2. The first-order chi connectivity index (χ1) is 14.6. The molecule has 7 heteroatoms. The van der Waals surface area contributed by atoms with Gasteiger partial charge in [0.2, 0.25) is 0 Å². The first-order valence-electron chi connectivity index (χ1n) is 10.1. The number of phenols is 1. The van der Waals surface area contributed by atoms with Crippen LogP contribution in [-0.2, 0) is 0 Å². The summed E-state index contributed by atoms with van der Waals surface area (Å²) in [5, 5.41) is 9.65. The fourth-order valence-corrected chi connectivity index (χ4v) is 4.06. The summed E-state index contributed by atoms with van der Waals surface area (Å²) >= 11 is 0. The Bertz CT molecular complexity index is 918. The van der Waals surface area contributed by atoms with Crippen molar-refractivity contribution in [1.29, 1.82) is 0 Å². The molecular weight excluding hydrogens is 378 g/mol. The molecule has 3 N–H and O–H groups in total. The minimum absolute atomic E-state index is 0.0416. The molecule has 7 nitrogen and oxygen atoms in total. The Kier molecular flexibility index (Phi) is 5.72. The van der Waals surface area contributed by atoms with Crippen LogP contribution in [0.15, 0.2) is 66.2 Å². The molecule has 2 amide bonds. The van der Waals surface area contributed by atoms with Crippen LogP contribution >= 0.6 is 0 Å². The molecule has 0 aromatic heterocycles. The van der Waals surface area contributed by atoms with Gasteiger partial charge in [-0.05, 0) is 35.4 Å². The van der Waals surface area contributed by atoms with E-state index in [2.05, 4.69) is 16.5 Å². The third kappa shape index (κ3) is 4.02. The molecule has 0 bridgehead atoms. The number of aliphatic imine (C=N–C) groups is 1. The van der Waals surface area contributed by atoms with Crippen molar-refractivity contribution in [3.05, 3.63) is 72.3 Å². The highest BCUT2D eigenvalue weighted by molar-refractivity contribution is 5.88. The summed E-state index contributed by atoms with van der Waals surface area (Å²) in [7, 11) is 0. The number of rotatable bonds is 4. The van der Waals surface area contributed by atoms with E-state index < -0.39 is 0 Å². The Morgan fingerprint density at radius 1 is 1.07 bits per heavy atom. The van der Waals surface area contributed by atoms with Gasteiger partial charge in [-0.15, -0.1) is 6.58 Å². The minimum atomic E-state index is -0.270. The Morgan fingerprint density at radius 3 is 2.33 bits per heavy atom. The van der Waals surface area contributed by atoms with Crippen LogP contribution in [0.1, 0.15) is 23.2 Å². The molecule has 2 aliphatic rings. The molecule has 0 radical (unpaired) electrons. The number of hydrogen-bond donors (Lipinski definition) is 2. The molecule has 0 saturated carbocycles. The number of carbonyl (C=O) groups excluding carboxylic acids is 1. The average Bonchev–Trinajstić information content (AvgIpc) is 3.20. The average molecular weight is 406 g/mol. The summed E-state index contributed by atoms with van der Waals surface area (Å²) < 4.78 is 0. The summed E-state index contributed by atoms with van der Waals surface area (Å²) in [5.74, 6) is 0.204. The molecule has 2 aromatic rings. The first-order valence-corrected chi connectivity index (χ1v) is 10.1. The lowest BCUT2D eigenvalue weighted by Gasteiger charge is -2.37. The van der Waals surface area contributed by atoms with Crippen molar-refractivity contribution in [2.24, 2.45) is 4.99 Å². The number of anilines is 1. The maximum Gasteiger partial charge on any atom is 0.325 e. The van der Waals surface area contributed by atoms with Crippen molar-refractivity contribution in [2.75, 3.05) is 38.5 Å². The molecule has 4 rings (SSSR count). The van der Waals surface area contributed by atoms with Crippen LogP contribution < -0.4 is 5.73 Å². The first kappa shape index (κ1) is 20.0. The number of aromatic hydroxyl groups is 1. The molecule has 2 atom stereocenters. The number of nitrogen functional groups attached to an aromatic ring is 1. The van der Waals surface area contributed by atoms with Gasteiger partial charge in [-0.2, -0.15) is 0 Å². The lowest BCUT2D eigenvalue weighted by Crippen LogP contribution is -2.52. The quantitative estimate of drug-likeness (QED) is 0.605. The normalized spacial score (nSPS) is 21.7. The van der Waals surface area contributed by atoms with Crippen molar-refractivity contribution < 1.29 is 9.90 Å². The molecule has 2 heterocycles. The van der Waals surface area contributed by atoms with Gasteiger partial charge >= 0.3 is 6.03 Å². The Balaban J connectivity index is 1.59. The van der Waals surface area contributed by atoms with E-state index in [1.165, 1.54) is 0 Å². The number of urea groups is 1. The number of nitrogens with zero attached hydrogens (tertiary/aromatic N) is 4. The monoisotopic (exact) mass is 405 g/mol. The number of carbonyl (C=O) groups is 1. The fraction of sp³-hybridized carbons (Fsp3) is 0.304. The second-order valence-corrected chi connectivity index (χ2v) is 7.68. The molecule has 0 aliphatic carbocycles. The van der Waals surface area contributed by atoms with E-state index in [-0.39, 0.29) is 23.9 Å². The van der Waals surface area contributed by atoms with Gasteiger partial charge in [-0.25, -0.2) is 4.79 Å². The van der Waals surface area contributed by atoms with Gasteiger partial charge in [0.1, 0.15) is 11.8 Å². The van der Waals surface area contributed by atoms with E-state index in [9.17, 15) is 9.90 Å². The third-order valence-electron chi connectivity index (χ3n) is 5.71. The zero-order valence-corrected chi connectivity index (χ0v) is 16.9. The van der Waals surface area contributed by atoms with E-state index >= 15 is 0 Å². The van der Waals surface area contributed by atoms with Crippen molar-refractivity contribution in [3.8, 4) is 5.75 Å². The van der Waals surface area contributed by atoms with Gasteiger partial charge in [-0.1, -0.05) is 30.3 Å². The summed E-state index contributed by atoms with van der Waals surface area (Å²) in [5.41, 5.74) is 8.47. The molecule has 2 unspecified atom stereocenters. The molecule has 156 valence electrons. The molecule has 1 fully saturated rings. The van der Waals surface area contributed by atoms with E-state index in [0.29, 0.717) is 18.8 Å². The number of nitrogens with two attached hydrogens (primary N) is 1. The van der Waals surface area contributed by atoms with E-state index in [1.807, 2.05) is 47.4 Å². The van der Waals surface area contributed by atoms with Gasteiger partial charge in [0.25, 0.3) is 0 Å². The SMILES string of the molecule is C=CCN1CCN(C(=O)N2C=NC(c3ccc(O)cc3)C2c2ccc(N)cc2)CC1. The predicted octanol–water partition coefficient (Wildman–Crippen LogP) is 3.02. The number of phenolic OH excluding ortho intramolecular Hbond substituents is 1. The lowest BCUT2D eigenvalue weighted by molar-refractivity contribution is 0.125. The molecular formula is C23H27N5O2. The van der Waals surface area contributed by atoms with Crippen LogP contribution in [0.25, 0.3) is 0 Å². The van der Waals surface area contributed by atoms with Gasteiger partial charge in [0.05, 0.1) is 12.4 Å². The van der Waals surface area contributed by atoms with Crippen molar-refractivity contribution in [3.63, 3.8) is 0 Å². The van der Waals surface area contributed by atoms with E-state index in [1.54, 1.807) is 23.4 Å². The molecule has 2 aromatic carbocycles. The predicted molar refractivity (Wildman–Crippen MR) is 118 cm³/mol. The van der Waals surface area contributed by atoms with Crippen molar-refractivity contribution in [1.82, 2.24) is 14.7 Å². The Morgan fingerprint density at radius 2 is 1.70 bits per heavy atom. The van der Waals surface area contributed by atoms with Gasteiger partial charge in [0.15, 0.2) is 0 Å². The second-order valence-electron chi connectivity index (χ2n) is 7.68. The van der Waals surface area contributed by atoms with Gasteiger partial charge in [0, 0.05) is 38.4 Å². The maximum atomic E-state index is 13.4. The lowest BCUT2D eigenvalue weighted by atomic mass is 9.93. The highest BCUT2D eigenvalue weighted by Gasteiger charge is 2.39. The van der Waals surface area contributed by atoms with Crippen LogP contribution in [0.3, 0.4) is 0 Å². The zero-order valence-electron chi connectivity index (χ0n) is 16.9. The Labute approximate surface area is 176 Å². The van der Waals surface area contributed by atoms with Gasteiger partial charge < -0.3 is 15.7 Å². The minimum Gasteiger partial charge on any atom is -0.508 e. The highest BCUT2D eigenvalue weighted by Crippen LogP contribution is 2.41. The largest absolute Gasteiger partial charge is 0.508 e. The van der Waals surface area contributed by atoms with Crippen LogP contribution in [-0.4, -0.2) is 64.9 Å². The standard InChI is InChI=1S/C23H27N5O2/c1-2-11-26-12-14-27(15-13-26)23(30)28-16-25-21(17-5-9-20(29)10-6-17)22(28)18-3-7-19(24)8-4-18/h2-10,16,21-22,29H,1,11-15,24H2.